The van der Waals surface area contributed by atoms with Crippen LogP contribution in [0.5, 0.6) is 0 Å². The van der Waals surface area contributed by atoms with Gasteiger partial charge in [-0.3, -0.25) is 4.79 Å². The fraction of sp³-hybridized carbons (Fsp3) is 0.409. The molecule has 1 aliphatic carbocycles. The van der Waals surface area contributed by atoms with Gasteiger partial charge in [0.25, 0.3) is 5.91 Å². The van der Waals surface area contributed by atoms with Crippen molar-refractivity contribution in [1.29, 1.82) is 0 Å². The highest BCUT2D eigenvalue weighted by molar-refractivity contribution is 6.30. The topological polar surface area (TPSA) is 66.9 Å². The highest BCUT2D eigenvalue weighted by Crippen LogP contribution is 2.19. The SMILES string of the molecule is Cc1cc(C(=O)NCCC2=CCCCC2)nc(NCCc2ccc(Cl)cc2)n1. The van der Waals surface area contributed by atoms with E-state index >= 15 is 0 Å². The van der Waals surface area contributed by atoms with Gasteiger partial charge in [-0.05, 0) is 69.2 Å². The molecule has 1 aromatic carbocycles. The maximum absolute atomic E-state index is 12.5. The first kappa shape index (κ1) is 20.3. The maximum Gasteiger partial charge on any atom is 0.270 e. The molecule has 0 fully saturated rings. The molecule has 28 heavy (non-hydrogen) atoms. The van der Waals surface area contributed by atoms with Crippen LogP contribution in [0.4, 0.5) is 5.95 Å². The Morgan fingerprint density at radius 1 is 1.11 bits per heavy atom. The van der Waals surface area contributed by atoms with E-state index in [4.69, 9.17) is 11.6 Å². The first-order chi connectivity index (χ1) is 13.6. The lowest BCUT2D eigenvalue weighted by atomic mass is 9.97. The van der Waals surface area contributed by atoms with Crippen LogP contribution in [0.3, 0.4) is 0 Å². The quantitative estimate of drug-likeness (QED) is 0.632. The highest BCUT2D eigenvalue weighted by Gasteiger charge is 2.11. The molecule has 0 spiro atoms. The second-order valence-corrected chi connectivity index (χ2v) is 7.57. The molecule has 6 heteroatoms. The van der Waals surface area contributed by atoms with Crippen molar-refractivity contribution in [2.45, 2.75) is 45.4 Å². The number of nitrogens with zero attached hydrogens (tertiary/aromatic N) is 2. The molecule has 1 aliphatic rings. The van der Waals surface area contributed by atoms with Crippen molar-refractivity contribution in [2.24, 2.45) is 0 Å². The Labute approximate surface area is 171 Å². The minimum atomic E-state index is -0.150. The van der Waals surface area contributed by atoms with Gasteiger partial charge in [-0.15, -0.1) is 0 Å². The number of carbonyl (C=O) groups excluding carboxylic acids is 1. The predicted octanol–water partition coefficient (Wildman–Crippen LogP) is 4.71. The normalized spacial score (nSPS) is 13.7. The van der Waals surface area contributed by atoms with Gasteiger partial charge in [0.1, 0.15) is 5.69 Å². The van der Waals surface area contributed by atoms with Crippen molar-refractivity contribution in [1.82, 2.24) is 15.3 Å². The molecule has 0 saturated carbocycles. The summed E-state index contributed by atoms with van der Waals surface area (Å²) in [5, 5.41) is 6.92. The summed E-state index contributed by atoms with van der Waals surface area (Å²) in [7, 11) is 0. The average Bonchev–Trinajstić information content (AvgIpc) is 2.70. The van der Waals surface area contributed by atoms with Crippen LogP contribution in [0.15, 0.2) is 42.0 Å². The van der Waals surface area contributed by atoms with Gasteiger partial charge < -0.3 is 10.6 Å². The number of allylic oxidation sites excluding steroid dienone is 1. The zero-order chi connectivity index (χ0) is 19.8. The smallest absolute Gasteiger partial charge is 0.270 e. The van der Waals surface area contributed by atoms with Crippen LogP contribution in [-0.4, -0.2) is 29.0 Å². The number of anilines is 1. The molecule has 2 aromatic rings. The number of benzene rings is 1. The van der Waals surface area contributed by atoms with Crippen molar-refractivity contribution < 1.29 is 4.79 Å². The summed E-state index contributed by atoms with van der Waals surface area (Å²) in [5.41, 5.74) is 3.80. The molecule has 1 heterocycles. The van der Waals surface area contributed by atoms with E-state index in [-0.39, 0.29) is 5.91 Å². The summed E-state index contributed by atoms with van der Waals surface area (Å²) in [4.78, 5) is 21.2. The van der Waals surface area contributed by atoms with Crippen LogP contribution < -0.4 is 10.6 Å². The number of carbonyl (C=O) groups is 1. The Balaban J connectivity index is 1.50. The van der Waals surface area contributed by atoms with E-state index in [1.54, 1.807) is 6.07 Å². The molecule has 2 N–H and O–H groups in total. The van der Waals surface area contributed by atoms with Gasteiger partial charge in [0, 0.05) is 23.8 Å². The first-order valence-corrected chi connectivity index (χ1v) is 10.3. The van der Waals surface area contributed by atoms with E-state index in [0.717, 1.165) is 30.0 Å². The third-order valence-corrected chi connectivity index (χ3v) is 5.07. The Morgan fingerprint density at radius 2 is 1.93 bits per heavy atom. The summed E-state index contributed by atoms with van der Waals surface area (Å²) in [5.74, 6) is 0.330. The minimum Gasteiger partial charge on any atom is -0.354 e. The van der Waals surface area contributed by atoms with Gasteiger partial charge in [0.05, 0.1) is 0 Å². The Kier molecular flexibility index (Phi) is 7.43. The number of nitrogens with one attached hydrogen (secondary N) is 2. The fourth-order valence-electron chi connectivity index (χ4n) is 3.29. The van der Waals surface area contributed by atoms with Gasteiger partial charge in [-0.2, -0.15) is 0 Å². The molecule has 1 amide bonds. The number of hydrogen-bond acceptors (Lipinski definition) is 4. The van der Waals surface area contributed by atoms with E-state index in [1.807, 2.05) is 31.2 Å². The van der Waals surface area contributed by atoms with Crippen LogP contribution in [0.25, 0.3) is 0 Å². The van der Waals surface area contributed by atoms with Crippen LogP contribution >= 0.6 is 11.6 Å². The number of aromatic nitrogens is 2. The lowest BCUT2D eigenvalue weighted by Crippen LogP contribution is -2.26. The monoisotopic (exact) mass is 398 g/mol. The number of aryl methyl sites for hydroxylation is 1. The summed E-state index contributed by atoms with van der Waals surface area (Å²) in [6.07, 6.45) is 8.92. The average molecular weight is 399 g/mol. The number of hydrogen-bond donors (Lipinski definition) is 2. The third-order valence-electron chi connectivity index (χ3n) is 4.81. The molecule has 0 saturated heterocycles. The summed E-state index contributed by atoms with van der Waals surface area (Å²) >= 11 is 5.91. The van der Waals surface area contributed by atoms with Crippen molar-refractivity contribution in [3.05, 3.63) is 64.0 Å². The molecule has 0 bridgehead atoms. The molecular weight excluding hydrogens is 372 g/mol. The predicted molar refractivity (Wildman–Crippen MR) is 114 cm³/mol. The van der Waals surface area contributed by atoms with Crippen LogP contribution in [0, 0.1) is 6.92 Å². The minimum absolute atomic E-state index is 0.150. The molecule has 0 radical (unpaired) electrons. The zero-order valence-electron chi connectivity index (χ0n) is 16.3. The Morgan fingerprint density at radius 3 is 2.68 bits per heavy atom. The molecule has 148 valence electrons. The Bertz CT molecular complexity index is 833. The molecule has 1 aromatic heterocycles. The van der Waals surface area contributed by atoms with E-state index in [2.05, 4.69) is 26.7 Å². The first-order valence-electron chi connectivity index (χ1n) is 9.90. The standard InChI is InChI=1S/C22H27ClN4O/c1-16-15-20(21(28)24-13-11-17-5-3-2-4-6-17)27-22(26-16)25-14-12-18-7-9-19(23)10-8-18/h5,7-10,15H,2-4,6,11-14H2,1H3,(H,24,28)(H,25,26,27). The summed E-state index contributed by atoms with van der Waals surface area (Å²) in [6.45, 7) is 3.20. The van der Waals surface area contributed by atoms with Gasteiger partial charge in [0.2, 0.25) is 5.95 Å². The number of amides is 1. The fourth-order valence-corrected chi connectivity index (χ4v) is 3.42. The molecule has 0 aliphatic heterocycles. The number of halogens is 1. The van der Waals surface area contributed by atoms with Gasteiger partial charge >= 0.3 is 0 Å². The van der Waals surface area contributed by atoms with Crippen molar-refractivity contribution in [3.8, 4) is 0 Å². The second-order valence-electron chi connectivity index (χ2n) is 7.14. The van der Waals surface area contributed by atoms with Crippen LogP contribution in [0.2, 0.25) is 5.02 Å². The number of rotatable bonds is 8. The Hall–Kier alpha value is -2.40. The van der Waals surface area contributed by atoms with Gasteiger partial charge in [-0.1, -0.05) is 35.4 Å². The lowest BCUT2D eigenvalue weighted by molar-refractivity contribution is 0.0949. The maximum atomic E-state index is 12.5. The molecule has 5 nitrogen and oxygen atoms in total. The molecule has 3 rings (SSSR count). The van der Waals surface area contributed by atoms with Crippen LogP contribution in [-0.2, 0) is 6.42 Å². The summed E-state index contributed by atoms with van der Waals surface area (Å²) in [6, 6.07) is 9.49. The highest BCUT2D eigenvalue weighted by atomic mass is 35.5. The molecule has 0 unspecified atom stereocenters. The molecule has 0 atom stereocenters. The van der Waals surface area contributed by atoms with Crippen molar-refractivity contribution >= 4 is 23.5 Å². The lowest BCUT2D eigenvalue weighted by Gasteiger charge is -2.13. The van der Waals surface area contributed by atoms with Crippen molar-refractivity contribution in [3.63, 3.8) is 0 Å². The van der Waals surface area contributed by atoms with E-state index in [0.29, 0.717) is 24.7 Å². The van der Waals surface area contributed by atoms with E-state index < -0.39 is 0 Å². The van der Waals surface area contributed by atoms with Gasteiger partial charge in [0.15, 0.2) is 0 Å². The zero-order valence-corrected chi connectivity index (χ0v) is 17.1. The third kappa shape index (κ3) is 6.34. The van der Waals surface area contributed by atoms with Gasteiger partial charge in [-0.25, -0.2) is 9.97 Å². The van der Waals surface area contributed by atoms with Crippen LogP contribution in [0.1, 0.15) is 53.8 Å². The van der Waals surface area contributed by atoms with Crippen molar-refractivity contribution in [2.75, 3.05) is 18.4 Å². The largest absolute Gasteiger partial charge is 0.354 e. The van der Waals surface area contributed by atoms with E-state index in [9.17, 15) is 4.79 Å². The summed E-state index contributed by atoms with van der Waals surface area (Å²) < 4.78 is 0. The second kappa shape index (κ2) is 10.2. The van der Waals surface area contributed by atoms with E-state index in [1.165, 1.54) is 30.4 Å². The molecular formula is C22H27ClN4O.